The Kier molecular flexibility index (Phi) is 2.49. The number of esters is 1. The van der Waals surface area contributed by atoms with Gasteiger partial charge in [-0.15, -0.1) is 0 Å². The molecule has 1 aliphatic rings. The van der Waals surface area contributed by atoms with Gasteiger partial charge in [-0.2, -0.15) is 0 Å². The van der Waals surface area contributed by atoms with Crippen LogP contribution in [0.2, 0.25) is 0 Å². The number of benzene rings is 1. The molecule has 0 radical (unpaired) electrons. The lowest BCUT2D eigenvalue weighted by atomic mass is 10.1. The van der Waals surface area contributed by atoms with Crippen LogP contribution in [0.5, 0.6) is 0 Å². The first-order valence-corrected chi connectivity index (χ1v) is 5.10. The zero-order valence-corrected chi connectivity index (χ0v) is 8.99. The summed E-state index contributed by atoms with van der Waals surface area (Å²) < 4.78 is 5.18. The molecule has 1 aliphatic carbocycles. The molecular formula is C12H15NO2. The SMILES string of the molecule is CC(=O)O[C@@H]1Cc2ccc(C)cc2[C@H]1N. The van der Waals surface area contributed by atoms with E-state index in [0.717, 1.165) is 12.0 Å². The molecule has 0 saturated carbocycles. The van der Waals surface area contributed by atoms with Gasteiger partial charge < -0.3 is 10.5 Å². The number of nitrogens with two attached hydrogens (primary N) is 1. The Morgan fingerprint density at radius 1 is 1.53 bits per heavy atom. The van der Waals surface area contributed by atoms with Gasteiger partial charge in [0.05, 0.1) is 6.04 Å². The molecule has 0 saturated heterocycles. The molecule has 0 aromatic heterocycles. The van der Waals surface area contributed by atoms with Crippen molar-refractivity contribution < 1.29 is 9.53 Å². The van der Waals surface area contributed by atoms with Crippen LogP contribution in [0.4, 0.5) is 0 Å². The van der Waals surface area contributed by atoms with Gasteiger partial charge in [0.2, 0.25) is 0 Å². The van der Waals surface area contributed by atoms with Crippen molar-refractivity contribution in [2.75, 3.05) is 0 Å². The van der Waals surface area contributed by atoms with E-state index in [-0.39, 0.29) is 18.1 Å². The molecule has 2 N–H and O–H groups in total. The molecule has 0 unspecified atom stereocenters. The fourth-order valence-corrected chi connectivity index (χ4v) is 2.08. The second-order valence-electron chi connectivity index (χ2n) is 4.08. The number of aryl methyl sites for hydroxylation is 1. The van der Waals surface area contributed by atoms with Crippen LogP contribution in [0.3, 0.4) is 0 Å². The van der Waals surface area contributed by atoms with Crippen LogP contribution in [0, 0.1) is 6.92 Å². The van der Waals surface area contributed by atoms with Crippen LogP contribution in [-0.2, 0) is 16.0 Å². The molecule has 3 nitrogen and oxygen atoms in total. The lowest BCUT2D eigenvalue weighted by molar-refractivity contribution is -0.146. The van der Waals surface area contributed by atoms with E-state index >= 15 is 0 Å². The maximum absolute atomic E-state index is 10.9. The zero-order chi connectivity index (χ0) is 11.0. The third-order valence-corrected chi connectivity index (χ3v) is 2.80. The molecule has 2 rings (SSSR count). The van der Waals surface area contributed by atoms with E-state index in [9.17, 15) is 4.79 Å². The fourth-order valence-electron chi connectivity index (χ4n) is 2.08. The molecule has 0 amide bonds. The highest BCUT2D eigenvalue weighted by Gasteiger charge is 2.31. The van der Waals surface area contributed by atoms with Crippen LogP contribution >= 0.6 is 0 Å². The standard InChI is InChI=1S/C12H15NO2/c1-7-3-4-9-6-11(15-8(2)14)12(13)10(9)5-7/h3-5,11-12H,6,13H2,1-2H3/t11-,12-/m1/s1. The van der Waals surface area contributed by atoms with E-state index in [4.69, 9.17) is 10.5 Å². The van der Waals surface area contributed by atoms with Gasteiger partial charge in [-0.1, -0.05) is 23.8 Å². The Hall–Kier alpha value is -1.35. The molecule has 0 fully saturated rings. The fraction of sp³-hybridized carbons (Fsp3) is 0.417. The van der Waals surface area contributed by atoms with Gasteiger partial charge in [-0.3, -0.25) is 4.79 Å². The molecule has 0 aliphatic heterocycles. The van der Waals surface area contributed by atoms with Crippen molar-refractivity contribution in [3.63, 3.8) is 0 Å². The highest BCUT2D eigenvalue weighted by atomic mass is 16.5. The average Bonchev–Trinajstić information content (AvgIpc) is 2.44. The van der Waals surface area contributed by atoms with Crippen LogP contribution in [-0.4, -0.2) is 12.1 Å². The summed E-state index contributed by atoms with van der Waals surface area (Å²) >= 11 is 0. The van der Waals surface area contributed by atoms with E-state index in [1.807, 2.05) is 6.92 Å². The molecule has 2 atom stereocenters. The summed E-state index contributed by atoms with van der Waals surface area (Å²) in [6.45, 7) is 3.45. The van der Waals surface area contributed by atoms with Crippen molar-refractivity contribution >= 4 is 5.97 Å². The summed E-state index contributed by atoms with van der Waals surface area (Å²) in [6.07, 6.45) is 0.537. The predicted molar refractivity (Wildman–Crippen MR) is 57.4 cm³/mol. The number of rotatable bonds is 1. The molecular weight excluding hydrogens is 190 g/mol. The van der Waals surface area contributed by atoms with Crippen LogP contribution < -0.4 is 5.73 Å². The summed E-state index contributed by atoms with van der Waals surface area (Å²) in [4.78, 5) is 10.9. The van der Waals surface area contributed by atoms with Gasteiger partial charge in [0.1, 0.15) is 6.10 Å². The van der Waals surface area contributed by atoms with Gasteiger partial charge in [0, 0.05) is 13.3 Å². The van der Waals surface area contributed by atoms with Crippen LogP contribution in [0.1, 0.15) is 29.7 Å². The first-order chi connectivity index (χ1) is 7.08. The van der Waals surface area contributed by atoms with Crippen molar-refractivity contribution in [3.8, 4) is 0 Å². The monoisotopic (exact) mass is 205 g/mol. The van der Waals surface area contributed by atoms with Gasteiger partial charge in [0.15, 0.2) is 0 Å². The van der Waals surface area contributed by atoms with E-state index in [1.54, 1.807) is 0 Å². The average molecular weight is 205 g/mol. The largest absolute Gasteiger partial charge is 0.460 e. The molecule has 80 valence electrons. The summed E-state index contributed by atoms with van der Waals surface area (Å²) in [5.41, 5.74) is 9.52. The number of ether oxygens (including phenoxy) is 1. The van der Waals surface area contributed by atoms with Crippen molar-refractivity contribution in [1.29, 1.82) is 0 Å². The second kappa shape index (κ2) is 3.66. The number of carbonyl (C=O) groups is 1. The van der Waals surface area contributed by atoms with Crippen LogP contribution in [0.15, 0.2) is 18.2 Å². The summed E-state index contributed by atoms with van der Waals surface area (Å²) in [6, 6.07) is 6.02. The minimum Gasteiger partial charge on any atom is -0.460 e. The number of fused-ring (bicyclic) bond motifs is 1. The first kappa shape index (κ1) is 10.2. The smallest absolute Gasteiger partial charge is 0.302 e. The van der Waals surface area contributed by atoms with Gasteiger partial charge >= 0.3 is 5.97 Å². The van der Waals surface area contributed by atoms with Crippen molar-refractivity contribution in [2.45, 2.75) is 32.4 Å². The lowest BCUT2D eigenvalue weighted by Gasteiger charge is -2.15. The van der Waals surface area contributed by atoms with E-state index < -0.39 is 0 Å². The van der Waals surface area contributed by atoms with E-state index in [0.29, 0.717) is 0 Å². The summed E-state index contributed by atoms with van der Waals surface area (Å²) in [5, 5.41) is 0. The molecule has 3 heteroatoms. The quantitative estimate of drug-likeness (QED) is 0.706. The minimum atomic E-state index is -0.264. The third kappa shape index (κ3) is 1.88. The normalized spacial score (nSPS) is 23.7. The summed E-state index contributed by atoms with van der Waals surface area (Å²) in [5.74, 6) is -0.264. The maximum Gasteiger partial charge on any atom is 0.302 e. The van der Waals surface area contributed by atoms with Crippen molar-refractivity contribution in [3.05, 3.63) is 34.9 Å². The Bertz CT molecular complexity index is 401. The van der Waals surface area contributed by atoms with E-state index in [2.05, 4.69) is 18.2 Å². The Labute approximate surface area is 89.2 Å². The van der Waals surface area contributed by atoms with Gasteiger partial charge in [-0.25, -0.2) is 0 Å². The predicted octanol–water partition coefficient (Wildman–Crippen LogP) is 1.48. The molecule has 1 aromatic rings. The Morgan fingerprint density at radius 2 is 2.27 bits per heavy atom. The number of hydrogen-bond donors (Lipinski definition) is 1. The molecule has 1 aromatic carbocycles. The van der Waals surface area contributed by atoms with Crippen molar-refractivity contribution in [1.82, 2.24) is 0 Å². The maximum atomic E-state index is 10.9. The van der Waals surface area contributed by atoms with Crippen LogP contribution in [0.25, 0.3) is 0 Å². The molecule has 0 spiro atoms. The zero-order valence-electron chi connectivity index (χ0n) is 8.99. The second-order valence-corrected chi connectivity index (χ2v) is 4.08. The lowest BCUT2D eigenvalue weighted by Crippen LogP contribution is -2.26. The molecule has 0 heterocycles. The highest BCUT2D eigenvalue weighted by molar-refractivity contribution is 5.66. The minimum absolute atomic E-state index is 0.177. The highest BCUT2D eigenvalue weighted by Crippen LogP contribution is 2.32. The molecule has 0 bridgehead atoms. The van der Waals surface area contributed by atoms with Gasteiger partial charge in [0.25, 0.3) is 0 Å². The summed E-state index contributed by atoms with van der Waals surface area (Å²) in [7, 11) is 0. The van der Waals surface area contributed by atoms with E-state index in [1.165, 1.54) is 18.1 Å². The first-order valence-electron chi connectivity index (χ1n) is 5.10. The number of hydrogen-bond acceptors (Lipinski definition) is 3. The van der Waals surface area contributed by atoms with Crippen molar-refractivity contribution in [2.24, 2.45) is 5.73 Å². The van der Waals surface area contributed by atoms with Gasteiger partial charge in [-0.05, 0) is 18.1 Å². The number of carbonyl (C=O) groups excluding carboxylic acids is 1. The Balaban J connectivity index is 2.25. The molecule has 15 heavy (non-hydrogen) atoms. The topological polar surface area (TPSA) is 52.3 Å². The Morgan fingerprint density at radius 3 is 2.93 bits per heavy atom. The third-order valence-electron chi connectivity index (χ3n) is 2.80.